The Morgan fingerprint density at radius 2 is 1.93 bits per heavy atom. The zero-order chi connectivity index (χ0) is 20.9. The van der Waals surface area contributed by atoms with Crippen molar-refractivity contribution in [2.24, 2.45) is 5.41 Å². The van der Waals surface area contributed by atoms with E-state index in [4.69, 9.17) is 11.2 Å². The van der Waals surface area contributed by atoms with Gasteiger partial charge in [-0.15, -0.1) is 6.42 Å². The summed E-state index contributed by atoms with van der Waals surface area (Å²) in [5, 5.41) is 3.43. The van der Waals surface area contributed by atoms with Crippen molar-refractivity contribution in [2.45, 2.75) is 64.4 Å². The van der Waals surface area contributed by atoms with Crippen LogP contribution in [0, 0.1) is 17.8 Å². The van der Waals surface area contributed by atoms with E-state index in [0.29, 0.717) is 0 Å². The van der Waals surface area contributed by atoms with Crippen molar-refractivity contribution >= 4 is 5.97 Å². The van der Waals surface area contributed by atoms with Gasteiger partial charge in [-0.05, 0) is 64.2 Å². The molecule has 1 aromatic rings. The highest BCUT2D eigenvalue weighted by atomic mass is 16.6. The van der Waals surface area contributed by atoms with Crippen LogP contribution in [-0.2, 0) is 9.53 Å². The van der Waals surface area contributed by atoms with Crippen LogP contribution < -0.4 is 5.32 Å². The molecule has 4 nitrogen and oxygen atoms in total. The Morgan fingerprint density at radius 1 is 1.24 bits per heavy atom. The maximum Gasteiger partial charge on any atom is 0.311 e. The van der Waals surface area contributed by atoms with E-state index in [-0.39, 0.29) is 11.9 Å². The van der Waals surface area contributed by atoms with Crippen molar-refractivity contribution in [1.29, 1.82) is 0 Å². The molecule has 1 aliphatic carbocycles. The average Bonchev–Trinajstić information content (AvgIpc) is 2.72. The average molecular weight is 397 g/mol. The molecule has 0 aromatic heterocycles. The highest BCUT2D eigenvalue weighted by Crippen LogP contribution is 2.44. The molecule has 1 heterocycles. The predicted molar refractivity (Wildman–Crippen MR) is 118 cm³/mol. The van der Waals surface area contributed by atoms with Crippen LogP contribution in [0.2, 0.25) is 0 Å². The summed E-state index contributed by atoms with van der Waals surface area (Å²) in [5.74, 6) is 2.80. The van der Waals surface area contributed by atoms with E-state index in [1.54, 1.807) is 0 Å². The van der Waals surface area contributed by atoms with Crippen molar-refractivity contribution in [2.75, 3.05) is 32.7 Å². The first-order valence-corrected chi connectivity index (χ1v) is 11.1. The van der Waals surface area contributed by atoms with Crippen LogP contribution in [0.15, 0.2) is 24.3 Å². The van der Waals surface area contributed by atoms with Crippen molar-refractivity contribution in [3.05, 3.63) is 35.4 Å². The Morgan fingerprint density at radius 3 is 2.55 bits per heavy atom. The van der Waals surface area contributed by atoms with Gasteiger partial charge in [-0.25, -0.2) is 0 Å². The molecule has 1 atom stereocenters. The third-order valence-corrected chi connectivity index (χ3v) is 6.35. The first-order chi connectivity index (χ1) is 13.8. The van der Waals surface area contributed by atoms with Gasteiger partial charge in [0, 0.05) is 44.2 Å². The molecule has 0 bridgehead atoms. The molecule has 2 fully saturated rings. The second-order valence-corrected chi connectivity index (χ2v) is 9.64. The summed E-state index contributed by atoms with van der Waals surface area (Å²) in [5.41, 5.74) is 1.12. The van der Waals surface area contributed by atoms with Crippen LogP contribution in [0.5, 0.6) is 0 Å². The van der Waals surface area contributed by atoms with E-state index in [9.17, 15) is 4.79 Å². The quantitative estimate of drug-likeness (QED) is 0.604. The molecule has 1 aliphatic heterocycles. The minimum absolute atomic E-state index is 0.0992. The number of nitrogens with one attached hydrogen (secondary N) is 1. The minimum Gasteiger partial charge on any atom is -0.458 e. The molecule has 0 spiro atoms. The van der Waals surface area contributed by atoms with Crippen LogP contribution >= 0.6 is 0 Å². The van der Waals surface area contributed by atoms with Gasteiger partial charge in [0.25, 0.3) is 0 Å². The van der Waals surface area contributed by atoms with Gasteiger partial charge < -0.3 is 15.0 Å². The summed E-state index contributed by atoms with van der Waals surface area (Å²) in [6, 6.07) is 8.29. The van der Waals surface area contributed by atoms with Crippen molar-refractivity contribution in [1.82, 2.24) is 10.2 Å². The van der Waals surface area contributed by atoms with Crippen LogP contribution in [0.4, 0.5) is 0 Å². The molecule has 1 aromatic carbocycles. The Bertz CT molecular complexity index is 732. The number of carbonyl (C=O) groups excluding carboxylic acids is 1. The first-order valence-electron chi connectivity index (χ1n) is 11.1. The largest absolute Gasteiger partial charge is 0.458 e. The second kappa shape index (κ2) is 9.32. The van der Waals surface area contributed by atoms with Gasteiger partial charge in [-0.2, -0.15) is 0 Å². The highest BCUT2D eigenvalue weighted by molar-refractivity contribution is 5.76. The molecule has 158 valence electrons. The van der Waals surface area contributed by atoms with E-state index < -0.39 is 11.0 Å². The number of terminal acetylenes is 1. The molecular formula is C25H36N2O2. The van der Waals surface area contributed by atoms with Gasteiger partial charge >= 0.3 is 5.97 Å². The fourth-order valence-electron chi connectivity index (χ4n) is 4.58. The van der Waals surface area contributed by atoms with Gasteiger partial charge in [0.2, 0.25) is 0 Å². The number of ether oxygens (including phenoxy) is 1. The lowest BCUT2D eigenvalue weighted by Crippen LogP contribution is -2.52. The number of esters is 1. The Kier molecular flexibility index (Phi) is 7.03. The molecule has 1 N–H and O–H groups in total. The van der Waals surface area contributed by atoms with Crippen molar-refractivity contribution < 1.29 is 9.53 Å². The maximum absolute atomic E-state index is 13.0. The molecule has 1 saturated carbocycles. The lowest BCUT2D eigenvalue weighted by Gasteiger charge is -2.46. The van der Waals surface area contributed by atoms with E-state index in [1.165, 1.54) is 12.0 Å². The smallest absolute Gasteiger partial charge is 0.311 e. The second-order valence-electron chi connectivity index (χ2n) is 9.64. The molecular weight excluding hydrogens is 360 g/mol. The van der Waals surface area contributed by atoms with Crippen LogP contribution in [0.3, 0.4) is 0 Å². The lowest BCUT2D eigenvalue weighted by atomic mass is 9.71. The number of rotatable bonds is 5. The Balaban J connectivity index is 1.99. The van der Waals surface area contributed by atoms with Crippen LogP contribution in [-0.4, -0.2) is 49.2 Å². The summed E-state index contributed by atoms with van der Waals surface area (Å²) in [6.07, 6.45) is 11.0. The maximum atomic E-state index is 13.0. The third kappa shape index (κ3) is 5.41. The van der Waals surface area contributed by atoms with E-state index in [1.807, 2.05) is 32.9 Å². The summed E-state index contributed by atoms with van der Waals surface area (Å²) in [7, 11) is 0. The number of benzene rings is 1. The fraction of sp³-hybridized carbons (Fsp3) is 0.640. The zero-order valence-corrected chi connectivity index (χ0v) is 18.3. The minimum atomic E-state index is -0.509. The van der Waals surface area contributed by atoms with Gasteiger partial charge in [-0.1, -0.05) is 24.5 Å². The Labute approximate surface area is 176 Å². The molecule has 1 saturated heterocycles. The van der Waals surface area contributed by atoms with E-state index >= 15 is 0 Å². The van der Waals surface area contributed by atoms with E-state index in [0.717, 1.165) is 64.0 Å². The highest BCUT2D eigenvalue weighted by Gasteiger charge is 2.46. The molecule has 29 heavy (non-hydrogen) atoms. The summed E-state index contributed by atoms with van der Waals surface area (Å²) in [6.45, 7) is 10.8. The number of nitrogens with zero attached hydrogens (tertiary/aromatic N) is 1. The number of hydrogen-bond acceptors (Lipinski definition) is 4. The van der Waals surface area contributed by atoms with Gasteiger partial charge in [0.15, 0.2) is 0 Å². The number of piperazine rings is 1. The van der Waals surface area contributed by atoms with Gasteiger partial charge in [0.1, 0.15) is 5.60 Å². The molecule has 1 unspecified atom stereocenters. The summed E-state index contributed by atoms with van der Waals surface area (Å²) < 4.78 is 6.44. The molecule has 0 radical (unpaired) electrons. The molecule has 3 rings (SSSR count). The van der Waals surface area contributed by atoms with Crippen molar-refractivity contribution in [3.63, 3.8) is 0 Å². The predicted octanol–water partition coefficient (Wildman–Crippen LogP) is 3.95. The van der Waals surface area contributed by atoms with Crippen LogP contribution in [0.25, 0.3) is 0 Å². The van der Waals surface area contributed by atoms with Gasteiger partial charge in [0.05, 0.1) is 5.41 Å². The summed E-state index contributed by atoms with van der Waals surface area (Å²) >= 11 is 0. The topological polar surface area (TPSA) is 41.6 Å². The molecule has 0 amide bonds. The zero-order valence-electron chi connectivity index (χ0n) is 18.3. The van der Waals surface area contributed by atoms with Crippen LogP contribution in [0.1, 0.15) is 69.9 Å². The van der Waals surface area contributed by atoms with Gasteiger partial charge in [-0.3, -0.25) is 4.79 Å². The SMILES string of the molecule is C#Cc1cccc(C(CN2CCNCC2)C2(OC(=O)C(C)(C)C)CCCCC2)c1. The number of hydrogen-bond donors (Lipinski definition) is 1. The standard InChI is InChI=1S/C25H36N2O2/c1-5-20-10-9-11-21(18-20)22(19-27-16-14-26-15-17-27)25(12-7-6-8-13-25)29-23(28)24(2,3)4/h1,9-11,18,22,26H,6-8,12-17,19H2,2-4H3. The number of carbonyl (C=O) groups is 1. The van der Waals surface area contributed by atoms with E-state index in [2.05, 4.69) is 28.3 Å². The third-order valence-electron chi connectivity index (χ3n) is 6.35. The first kappa shape index (κ1) is 21.9. The molecule has 2 aliphatic rings. The monoisotopic (exact) mass is 396 g/mol. The van der Waals surface area contributed by atoms with Crippen molar-refractivity contribution in [3.8, 4) is 12.3 Å². The fourth-order valence-corrected chi connectivity index (χ4v) is 4.58. The summed E-state index contributed by atoms with van der Waals surface area (Å²) in [4.78, 5) is 15.5. The lowest BCUT2D eigenvalue weighted by molar-refractivity contribution is -0.177. The normalized spacial score (nSPS) is 21.2. The molecule has 4 heteroatoms. The Hall–Kier alpha value is -1.83.